The van der Waals surface area contributed by atoms with Gasteiger partial charge in [-0.3, -0.25) is 0 Å². The van der Waals surface area contributed by atoms with Crippen molar-refractivity contribution in [1.82, 2.24) is 0 Å². The molecular weight excluding hydrogens is 212 g/mol. The molecule has 3 heteroatoms. The summed E-state index contributed by atoms with van der Waals surface area (Å²) in [6, 6.07) is 8.45. The van der Waals surface area contributed by atoms with Crippen molar-refractivity contribution in [1.29, 1.82) is 0 Å². The molecule has 0 aliphatic rings. The van der Waals surface area contributed by atoms with Crippen molar-refractivity contribution in [3.63, 3.8) is 0 Å². The molecule has 0 radical (unpaired) electrons. The summed E-state index contributed by atoms with van der Waals surface area (Å²) in [5.41, 5.74) is 7.01. The van der Waals surface area contributed by atoms with Gasteiger partial charge < -0.3 is 15.4 Å². The van der Waals surface area contributed by atoms with Crippen LogP contribution in [0.5, 0.6) is 5.75 Å². The first-order valence-electron chi connectivity index (χ1n) is 6.29. The third-order valence-corrected chi connectivity index (χ3v) is 2.85. The van der Waals surface area contributed by atoms with E-state index in [-0.39, 0.29) is 0 Å². The molecule has 0 heterocycles. The number of hydrogen-bond donors (Lipinski definition) is 1. The quantitative estimate of drug-likeness (QED) is 0.740. The Kier molecular flexibility index (Phi) is 5.84. The third-order valence-electron chi connectivity index (χ3n) is 2.85. The van der Waals surface area contributed by atoms with Crippen LogP contribution >= 0.6 is 0 Å². The highest BCUT2D eigenvalue weighted by Crippen LogP contribution is 2.19. The fourth-order valence-corrected chi connectivity index (χ4v) is 1.59. The van der Waals surface area contributed by atoms with Gasteiger partial charge in [-0.2, -0.15) is 0 Å². The molecule has 0 aliphatic carbocycles. The highest BCUT2D eigenvalue weighted by molar-refractivity contribution is 5.49. The summed E-state index contributed by atoms with van der Waals surface area (Å²) >= 11 is 0. The van der Waals surface area contributed by atoms with Gasteiger partial charge in [-0.05, 0) is 31.4 Å². The van der Waals surface area contributed by atoms with Gasteiger partial charge in [-0.1, -0.05) is 13.0 Å². The van der Waals surface area contributed by atoms with Gasteiger partial charge in [-0.25, -0.2) is 0 Å². The fourth-order valence-electron chi connectivity index (χ4n) is 1.59. The van der Waals surface area contributed by atoms with Gasteiger partial charge in [0, 0.05) is 31.9 Å². The van der Waals surface area contributed by atoms with Gasteiger partial charge in [0.15, 0.2) is 0 Å². The van der Waals surface area contributed by atoms with E-state index >= 15 is 0 Å². The standard InChI is InChI=1S/C14H24N2O/c1-4-12(15)7-6-10-17-14-9-5-8-13(11-14)16(2)3/h5,8-9,11-12H,4,6-7,10,15H2,1-3H3. The Morgan fingerprint density at radius 2 is 2.12 bits per heavy atom. The molecule has 0 spiro atoms. The van der Waals surface area contributed by atoms with Crippen molar-refractivity contribution in [3.05, 3.63) is 24.3 Å². The molecule has 0 saturated heterocycles. The molecule has 3 nitrogen and oxygen atoms in total. The number of nitrogens with two attached hydrogens (primary N) is 1. The van der Waals surface area contributed by atoms with Crippen LogP contribution in [0.25, 0.3) is 0 Å². The number of benzene rings is 1. The zero-order valence-electron chi connectivity index (χ0n) is 11.1. The maximum absolute atomic E-state index is 5.85. The number of ether oxygens (including phenoxy) is 1. The molecule has 0 aliphatic heterocycles. The lowest BCUT2D eigenvalue weighted by Gasteiger charge is -2.14. The Hall–Kier alpha value is -1.22. The van der Waals surface area contributed by atoms with Crippen molar-refractivity contribution < 1.29 is 4.74 Å². The lowest BCUT2D eigenvalue weighted by molar-refractivity contribution is 0.301. The molecule has 0 bridgehead atoms. The van der Waals surface area contributed by atoms with Crippen LogP contribution in [0.15, 0.2) is 24.3 Å². The normalized spacial score (nSPS) is 12.2. The van der Waals surface area contributed by atoms with E-state index in [1.54, 1.807) is 0 Å². The monoisotopic (exact) mass is 236 g/mol. The van der Waals surface area contributed by atoms with Crippen LogP contribution in [0.3, 0.4) is 0 Å². The largest absolute Gasteiger partial charge is 0.494 e. The second kappa shape index (κ2) is 7.17. The van der Waals surface area contributed by atoms with E-state index in [0.29, 0.717) is 6.04 Å². The highest BCUT2D eigenvalue weighted by atomic mass is 16.5. The summed E-state index contributed by atoms with van der Waals surface area (Å²) < 4.78 is 5.71. The summed E-state index contributed by atoms with van der Waals surface area (Å²) in [7, 11) is 4.05. The first-order chi connectivity index (χ1) is 8.13. The smallest absolute Gasteiger partial charge is 0.121 e. The number of nitrogens with zero attached hydrogens (tertiary/aromatic N) is 1. The van der Waals surface area contributed by atoms with Crippen LogP contribution in [-0.4, -0.2) is 26.7 Å². The first kappa shape index (κ1) is 13.8. The van der Waals surface area contributed by atoms with E-state index in [9.17, 15) is 0 Å². The summed E-state index contributed by atoms with van der Waals surface area (Å²) in [6.07, 6.45) is 3.08. The SMILES string of the molecule is CCC(N)CCCOc1cccc(N(C)C)c1. The topological polar surface area (TPSA) is 38.5 Å². The minimum atomic E-state index is 0.312. The average molecular weight is 236 g/mol. The van der Waals surface area contributed by atoms with E-state index in [2.05, 4.69) is 24.0 Å². The zero-order chi connectivity index (χ0) is 12.7. The maximum atomic E-state index is 5.85. The maximum Gasteiger partial charge on any atom is 0.121 e. The average Bonchev–Trinajstić information content (AvgIpc) is 2.34. The van der Waals surface area contributed by atoms with E-state index in [4.69, 9.17) is 10.5 Å². The molecule has 2 N–H and O–H groups in total. The second-order valence-electron chi connectivity index (χ2n) is 4.55. The Morgan fingerprint density at radius 3 is 2.76 bits per heavy atom. The van der Waals surface area contributed by atoms with Crippen molar-refractivity contribution in [2.24, 2.45) is 5.73 Å². The van der Waals surface area contributed by atoms with Crippen LogP contribution < -0.4 is 15.4 Å². The molecule has 0 fully saturated rings. The molecule has 1 aromatic rings. The summed E-state index contributed by atoms with van der Waals surface area (Å²) in [5, 5.41) is 0. The van der Waals surface area contributed by atoms with Crippen LogP contribution in [-0.2, 0) is 0 Å². The molecule has 17 heavy (non-hydrogen) atoms. The number of anilines is 1. The van der Waals surface area contributed by atoms with Crippen molar-refractivity contribution in [2.45, 2.75) is 32.2 Å². The van der Waals surface area contributed by atoms with Crippen LogP contribution in [0.4, 0.5) is 5.69 Å². The lowest BCUT2D eigenvalue weighted by atomic mass is 10.1. The molecule has 0 aromatic heterocycles. The molecule has 0 amide bonds. The van der Waals surface area contributed by atoms with E-state index in [0.717, 1.165) is 37.3 Å². The predicted molar refractivity (Wildman–Crippen MR) is 73.8 cm³/mol. The molecule has 0 saturated carbocycles. The summed E-state index contributed by atoms with van der Waals surface area (Å²) in [5.74, 6) is 0.932. The van der Waals surface area contributed by atoms with E-state index < -0.39 is 0 Å². The summed E-state index contributed by atoms with van der Waals surface area (Å²) in [6.45, 7) is 2.86. The van der Waals surface area contributed by atoms with Gasteiger partial charge in [0.05, 0.1) is 6.61 Å². The first-order valence-corrected chi connectivity index (χ1v) is 6.29. The van der Waals surface area contributed by atoms with E-state index in [1.807, 2.05) is 26.2 Å². The van der Waals surface area contributed by atoms with Gasteiger partial charge in [0.25, 0.3) is 0 Å². The van der Waals surface area contributed by atoms with E-state index in [1.165, 1.54) is 0 Å². The highest BCUT2D eigenvalue weighted by Gasteiger charge is 2.01. The zero-order valence-corrected chi connectivity index (χ0v) is 11.1. The second-order valence-corrected chi connectivity index (χ2v) is 4.55. The van der Waals surface area contributed by atoms with Crippen LogP contribution in [0.2, 0.25) is 0 Å². The summed E-state index contributed by atoms with van der Waals surface area (Å²) in [4.78, 5) is 2.07. The van der Waals surface area contributed by atoms with Crippen molar-refractivity contribution in [2.75, 3.05) is 25.6 Å². The molecule has 1 unspecified atom stereocenters. The molecule has 96 valence electrons. The van der Waals surface area contributed by atoms with Gasteiger partial charge in [0.1, 0.15) is 5.75 Å². The van der Waals surface area contributed by atoms with Crippen LogP contribution in [0.1, 0.15) is 26.2 Å². The Morgan fingerprint density at radius 1 is 1.35 bits per heavy atom. The molecule has 1 rings (SSSR count). The lowest BCUT2D eigenvalue weighted by Crippen LogP contribution is -2.19. The van der Waals surface area contributed by atoms with Crippen LogP contribution in [0, 0.1) is 0 Å². The van der Waals surface area contributed by atoms with Gasteiger partial charge in [0.2, 0.25) is 0 Å². The Labute approximate surface area is 105 Å². The predicted octanol–water partition coefficient (Wildman–Crippen LogP) is 2.65. The fraction of sp³-hybridized carbons (Fsp3) is 0.571. The minimum Gasteiger partial charge on any atom is -0.494 e. The molecule has 1 atom stereocenters. The van der Waals surface area contributed by atoms with Crippen molar-refractivity contribution in [3.8, 4) is 5.75 Å². The van der Waals surface area contributed by atoms with Gasteiger partial charge >= 0.3 is 0 Å². The number of hydrogen-bond acceptors (Lipinski definition) is 3. The van der Waals surface area contributed by atoms with Gasteiger partial charge in [-0.15, -0.1) is 0 Å². The van der Waals surface area contributed by atoms with Crippen molar-refractivity contribution >= 4 is 5.69 Å². The molecular formula is C14H24N2O. The Balaban J connectivity index is 2.34. The number of rotatable bonds is 7. The minimum absolute atomic E-state index is 0.312. The molecule has 1 aromatic carbocycles. The third kappa shape index (κ3) is 5.09. The Bertz CT molecular complexity index is 326.